The number of fused-ring (bicyclic) bond motifs is 1. The van der Waals surface area contributed by atoms with Crippen molar-refractivity contribution in [2.45, 2.75) is 6.61 Å². The van der Waals surface area contributed by atoms with Crippen LogP contribution in [-0.4, -0.2) is 4.98 Å². The molecule has 0 aliphatic heterocycles. The summed E-state index contributed by atoms with van der Waals surface area (Å²) in [5.74, 6) is 0.270. The molecule has 106 valence electrons. The lowest BCUT2D eigenvalue weighted by atomic mass is 10.1. The van der Waals surface area contributed by atoms with E-state index in [-0.39, 0.29) is 5.82 Å². The van der Waals surface area contributed by atoms with Crippen molar-refractivity contribution in [1.29, 1.82) is 0 Å². The summed E-state index contributed by atoms with van der Waals surface area (Å²) in [6.07, 6.45) is 1.72. The molecular formula is C16H12BrFN2O. The molecule has 21 heavy (non-hydrogen) atoms. The number of benzene rings is 2. The van der Waals surface area contributed by atoms with Crippen molar-refractivity contribution in [3.05, 3.63) is 64.5 Å². The highest BCUT2D eigenvalue weighted by Crippen LogP contribution is 2.25. The van der Waals surface area contributed by atoms with Crippen molar-refractivity contribution in [3.8, 4) is 5.75 Å². The molecule has 3 nitrogen and oxygen atoms in total. The predicted octanol–water partition coefficient (Wildman–Crippen LogP) is 4.30. The SMILES string of the molecule is Nc1ccc(COc2ccc(F)c(Br)c2)c2ncccc12. The number of hydrogen-bond donors (Lipinski definition) is 1. The Morgan fingerprint density at radius 1 is 1.19 bits per heavy atom. The largest absolute Gasteiger partial charge is 0.489 e. The molecule has 0 unspecified atom stereocenters. The number of hydrogen-bond acceptors (Lipinski definition) is 3. The molecule has 3 rings (SSSR count). The quantitative estimate of drug-likeness (QED) is 0.719. The van der Waals surface area contributed by atoms with Gasteiger partial charge in [0, 0.05) is 22.8 Å². The van der Waals surface area contributed by atoms with Crippen LogP contribution in [0.15, 0.2) is 53.1 Å². The van der Waals surface area contributed by atoms with Crippen LogP contribution in [0, 0.1) is 5.82 Å². The Morgan fingerprint density at radius 3 is 2.86 bits per heavy atom. The van der Waals surface area contributed by atoms with E-state index in [1.807, 2.05) is 24.3 Å². The van der Waals surface area contributed by atoms with Crippen LogP contribution in [0.25, 0.3) is 10.9 Å². The first-order valence-electron chi connectivity index (χ1n) is 6.35. The zero-order chi connectivity index (χ0) is 14.8. The van der Waals surface area contributed by atoms with E-state index in [9.17, 15) is 4.39 Å². The van der Waals surface area contributed by atoms with Gasteiger partial charge in [0.2, 0.25) is 0 Å². The normalized spacial score (nSPS) is 10.8. The fourth-order valence-electron chi connectivity index (χ4n) is 2.10. The van der Waals surface area contributed by atoms with Crippen molar-refractivity contribution in [1.82, 2.24) is 4.98 Å². The third-order valence-corrected chi connectivity index (χ3v) is 3.78. The Balaban J connectivity index is 1.88. The van der Waals surface area contributed by atoms with Gasteiger partial charge in [0.15, 0.2) is 0 Å². The van der Waals surface area contributed by atoms with E-state index in [2.05, 4.69) is 20.9 Å². The molecule has 3 aromatic rings. The van der Waals surface area contributed by atoms with E-state index < -0.39 is 0 Å². The van der Waals surface area contributed by atoms with Crippen LogP contribution in [0.1, 0.15) is 5.56 Å². The number of ether oxygens (including phenoxy) is 1. The number of aromatic nitrogens is 1. The molecule has 0 spiro atoms. The Hall–Kier alpha value is -2.14. The maximum absolute atomic E-state index is 13.2. The van der Waals surface area contributed by atoms with Gasteiger partial charge in [0.25, 0.3) is 0 Å². The van der Waals surface area contributed by atoms with E-state index in [0.717, 1.165) is 16.5 Å². The molecule has 0 atom stereocenters. The van der Waals surface area contributed by atoms with Gasteiger partial charge in [-0.15, -0.1) is 0 Å². The summed E-state index contributed by atoms with van der Waals surface area (Å²) in [7, 11) is 0. The standard InChI is InChI=1S/C16H12BrFN2O/c17-13-8-11(4-5-14(13)18)21-9-10-3-6-15(19)12-2-1-7-20-16(10)12/h1-8H,9,19H2. The monoisotopic (exact) mass is 346 g/mol. The zero-order valence-corrected chi connectivity index (χ0v) is 12.6. The van der Waals surface area contributed by atoms with Crippen molar-refractivity contribution < 1.29 is 9.13 Å². The minimum Gasteiger partial charge on any atom is -0.489 e. The van der Waals surface area contributed by atoms with Gasteiger partial charge in [-0.05, 0) is 52.3 Å². The van der Waals surface area contributed by atoms with Crippen molar-refractivity contribution >= 4 is 32.5 Å². The molecule has 0 saturated heterocycles. The van der Waals surface area contributed by atoms with Crippen molar-refractivity contribution in [3.63, 3.8) is 0 Å². The van der Waals surface area contributed by atoms with Crippen LogP contribution in [0.2, 0.25) is 0 Å². The molecule has 1 aromatic heterocycles. The molecule has 0 bridgehead atoms. The van der Waals surface area contributed by atoms with Crippen LogP contribution >= 0.6 is 15.9 Å². The summed E-state index contributed by atoms with van der Waals surface area (Å²) in [5, 5.41) is 0.902. The van der Waals surface area contributed by atoms with Crippen LogP contribution in [0.3, 0.4) is 0 Å². The lowest BCUT2D eigenvalue weighted by Gasteiger charge is -2.10. The summed E-state index contributed by atoms with van der Waals surface area (Å²) >= 11 is 3.14. The average molecular weight is 347 g/mol. The summed E-state index contributed by atoms with van der Waals surface area (Å²) in [5.41, 5.74) is 8.38. The summed E-state index contributed by atoms with van der Waals surface area (Å²) < 4.78 is 19.3. The molecule has 5 heteroatoms. The van der Waals surface area contributed by atoms with Gasteiger partial charge in [0.1, 0.15) is 18.2 Å². The fourth-order valence-corrected chi connectivity index (χ4v) is 2.46. The minimum atomic E-state index is -0.318. The molecule has 0 aliphatic carbocycles. The van der Waals surface area contributed by atoms with Gasteiger partial charge in [0.05, 0.1) is 9.99 Å². The van der Waals surface area contributed by atoms with E-state index in [4.69, 9.17) is 10.5 Å². The van der Waals surface area contributed by atoms with Gasteiger partial charge in [-0.3, -0.25) is 4.98 Å². The van der Waals surface area contributed by atoms with E-state index >= 15 is 0 Å². The summed E-state index contributed by atoms with van der Waals surface area (Å²) in [6, 6.07) is 12.1. The molecule has 2 aromatic carbocycles. The second kappa shape index (κ2) is 5.69. The predicted molar refractivity (Wildman–Crippen MR) is 84.6 cm³/mol. The van der Waals surface area contributed by atoms with Crippen LogP contribution < -0.4 is 10.5 Å². The number of anilines is 1. The second-order valence-corrected chi connectivity index (χ2v) is 5.43. The Kier molecular flexibility index (Phi) is 3.75. The van der Waals surface area contributed by atoms with Crippen molar-refractivity contribution in [2.24, 2.45) is 0 Å². The third-order valence-electron chi connectivity index (χ3n) is 3.17. The van der Waals surface area contributed by atoms with Crippen LogP contribution in [0.4, 0.5) is 10.1 Å². The molecule has 0 fully saturated rings. The first kappa shape index (κ1) is 13.8. The summed E-state index contributed by atoms with van der Waals surface area (Å²) in [4.78, 5) is 4.36. The second-order valence-electron chi connectivity index (χ2n) is 4.58. The Bertz CT molecular complexity index is 807. The van der Waals surface area contributed by atoms with Gasteiger partial charge in [-0.25, -0.2) is 4.39 Å². The third kappa shape index (κ3) is 2.83. The summed E-state index contributed by atoms with van der Waals surface area (Å²) in [6.45, 7) is 0.339. The molecule has 0 saturated carbocycles. The number of rotatable bonds is 3. The van der Waals surface area contributed by atoms with Crippen LogP contribution in [-0.2, 0) is 6.61 Å². The highest BCUT2D eigenvalue weighted by Gasteiger charge is 2.07. The molecule has 1 heterocycles. The van der Waals surface area contributed by atoms with Gasteiger partial charge < -0.3 is 10.5 Å². The average Bonchev–Trinajstić information content (AvgIpc) is 2.50. The lowest BCUT2D eigenvalue weighted by Crippen LogP contribution is -1.99. The molecular weight excluding hydrogens is 335 g/mol. The number of nitrogen functional groups attached to an aromatic ring is 1. The Morgan fingerprint density at radius 2 is 2.05 bits per heavy atom. The first-order valence-corrected chi connectivity index (χ1v) is 7.14. The van der Waals surface area contributed by atoms with Crippen LogP contribution in [0.5, 0.6) is 5.75 Å². The fraction of sp³-hybridized carbons (Fsp3) is 0.0625. The van der Waals surface area contributed by atoms with Gasteiger partial charge in [-0.2, -0.15) is 0 Å². The number of nitrogens with zero attached hydrogens (tertiary/aromatic N) is 1. The zero-order valence-electron chi connectivity index (χ0n) is 11.0. The molecule has 0 aliphatic rings. The molecule has 0 amide bonds. The lowest BCUT2D eigenvalue weighted by molar-refractivity contribution is 0.306. The topological polar surface area (TPSA) is 48.1 Å². The van der Waals surface area contributed by atoms with Gasteiger partial charge in [-0.1, -0.05) is 6.07 Å². The number of halogens is 2. The Labute approximate surface area is 129 Å². The van der Waals surface area contributed by atoms with Gasteiger partial charge >= 0.3 is 0 Å². The van der Waals surface area contributed by atoms with E-state index in [0.29, 0.717) is 22.5 Å². The smallest absolute Gasteiger partial charge is 0.137 e. The molecule has 0 radical (unpaired) electrons. The van der Waals surface area contributed by atoms with Crippen molar-refractivity contribution in [2.75, 3.05) is 5.73 Å². The maximum atomic E-state index is 13.2. The van der Waals surface area contributed by atoms with E-state index in [1.54, 1.807) is 18.3 Å². The maximum Gasteiger partial charge on any atom is 0.137 e. The number of pyridine rings is 1. The highest BCUT2D eigenvalue weighted by atomic mass is 79.9. The van der Waals surface area contributed by atoms with E-state index in [1.165, 1.54) is 6.07 Å². The highest BCUT2D eigenvalue weighted by molar-refractivity contribution is 9.10. The minimum absolute atomic E-state index is 0.318. The molecule has 2 N–H and O–H groups in total. The first-order chi connectivity index (χ1) is 10.1. The number of nitrogens with two attached hydrogens (primary N) is 1.